The number of benzene rings is 1. The van der Waals surface area contributed by atoms with E-state index < -0.39 is 11.7 Å². The van der Waals surface area contributed by atoms with Crippen LogP contribution in [0.1, 0.15) is 33.6 Å². The third kappa shape index (κ3) is 4.88. The molecule has 4 nitrogen and oxygen atoms in total. The summed E-state index contributed by atoms with van der Waals surface area (Å²) in [5.41, 5.74) is -0.00890. The Morgan fingerprint density at radius 2 is 2.00 bits per heavy atom. The fraction of sp³-hybridized carbons (Fsp3) is 0.533. The first-order valence-corrected chi connectivity index (χ1v) is 7.73. The van der Waals surface area contributed by atoms with Crippen molar-refractivity contribution in [2.75, 3.05) is 5.32 Å². The molecule has 1 saturated carbocycles. The Kier molecular flexibility index (Phi) is 4.76. The van der Waals surface area contributed by atoms with Crippen LogP contribution in [0.3, 0.4) is 0 Å². The Labute approximate surface area is 132 Å². The van der Waals surface area contributed by atoms with Crippen LogP contribution in [0, 0.1) is 5.82 Å². The van der Waals surface area contributed by atoms with Gasteiger partial charge >= 0.3 is 6.09 Å². The van der Waals surface area contributed by atoms with Crippen LogP contribution >= 0.6 is 15.9 Å². The van der Waals surface area contributed by atoms with E-state index in [0.29, 0.717) is 10.2 Å². The van der Waals surface area contributed by atoms with Gasteiger partial charge in [0.15, 0.2) is 0 Å². The molecule has 1 aliphatic carbocycles. The lowest BCUT2D eigenvalue weighted by Gasteiger charge is -2.37. The smallest absolute Gasteiger partial charge is 0.407 e. The van der Waals surface area contributed by atoms with E-state index >= 15 is 0 Å². The first kappa shape index (κ1) is 16.1. The summed E-state index contributed by atoms with van der Waals surface area (Å²) in [7, 11) is 0. The fourth-order valence-corrected chi connectivity index (χ4v) is 2.49. The van der Waals surface area contributed by atoms with Gasteiger partial charge in [-0.15, -0.1) is 0 Å². The maximum absolute atomic E-state index is 13.7. The molecule has 1 aromatic rings. The Balaban J connectivity index is 1.75. The summed E-state index contributed by atoms with van der Waals surface area (Å²) < 4.78 is 19.6. The number of rotatable bonds is 3. The molecule has 1 aliphatic rings. The lowest BCUT2D eigenvalue weighted by molar-refractivity contribution is 0.0475. The van der Waals surface area contributed by atoms with Crippen molar-refractivity contribution in [1.82, 2.24) is 5.32 Å². The van der Waals surface area contributed by atoms with Crippen LogP contribution in [0.15, 0.2) is 22.7 Å². The highest BCUT2D eigenvalue weighted by Gasteiger charge is 2.31. The second-order valence-corrected chi connectivity index (χ2v) is 7.20. The zero-order valence-electron chi connectivity index (χ0n) is 12.4. The maximum atomic E-state index is 13.7. The molecule has 6 heteroatoms. The van der Waals surface area contributed by atoms with E-state index in [1.165, 1.54) is 6.07 Å². The minimum atomic E-state index is -0.494. The van der Waals surface area contributed by atoms with Gasteiger partial charge in [-0.25, -0.2) is 9.18 Å². The van der Waals surface area contributed by atoms with Gasteiger partial charge in [0.1, 0.15) is 11.4 Å². The van der Waals surface area contributed by atoms with E-state index in [-0.39, 0.29) is 17.9 Å². The number of halogens is 2. The van der Waals surface area contributed by atoms with Crippen LogP contribution in [-0.2, 0) is 4.74 Å². The normalized spacial score (nSPS) is 21.4. The number of nitrogens with one attached hydrogen (secondary N) is 2. The molecule has 0 bridgehead atoms. The van der Waals surface area contributed by atoms with Crippen LogP contribution < -0.4 is 10.6 Å². The monoisotopic (exact) mass is 358 g/mol. The summed E-state index contributed by atoms with van der Waals surface area (Å²) in [6.07, 6.45) is 1.12. The van der Waals surface area contributed by atoms with Gasteiger partial charge in [0.05, 0.1) is 5.69 Å². The van der Waals surface area contributed by atoms with Crippen molar-refractivity contribution >= 4 is 27.7 Å². The molecule has 0 aliphatic heterocycles. The van der Waals surface area contributed by atoms with Crippen molar-refractivity contribution in [2.45, 2.75) is 51.3 Å². The summed E-state index contributed by atoms with van der Waals surface area (Å²) in [6.45, 7) is 5.48. The fourth-order valence-electron chi connectivity index (χ4n) is 2.15. The topological polar surface area (TPSA) is 50.4 Å². The molecule has 0 radical (unpaired) electrons. The van der Waals surface area contributed by atoms with Crippen molar-refractivity contribution in [3.63, 3.8) is 0 Å². The highest BCUT2D eigenvalue weighted by atomic mass is 79.9. The van der Waals surface area contributed by atoms with Gasteiger partial charge in [-0.1, -0.05) is 15.9 Å². The number of alkyl carbamates (subject to hydrolysis) is 1. The average molecular weight is 359 g/mol. The molecule has 0 spiro atoms. The van der Waals surface area contributed by atoms with E-state index in [0.717, 1.165) is 12.8 Å². The largest absolute Gasteiger partial charge is 0.444 e. The summed E-state index contributed by atoms with van der Waals surface area (Å²) in [6, 6.07) is 5.17. The van der Waals surface area contributed by atoms with Crippen LogP contribution in [0.2, 0.25) is 0 Å². The van der Waals surface area contributed by atoms with Gasteiger partial charge < -0.3 is 15.4 Å². The number of ether oxygens (including phenoxy) is 1. The highest BCUT2D eigenvalue weighted by molar-refractivity contribution is 9.10. The highest BCUT2D eigenvalue weighted by Crippen LogP contribution is 2.27. The third-order valence-electron chi connectivity index (χ3n) is 3.15. The lowest BCUT2D eigenvalue weighted by Crippen LogP contribution is -2.50. The predicted molar refractivity (Wildman–Crippen MR) is 83.9 cm³/mol. The van der Waals surface area contributed by atoms with E-state index in [1.807, 2.05) is 20.8 Å². The zero-order valence-corrected chi connectivity index (χ0v) is 14.0. The molecule has 21 heavy (non-hydrogen) atoms. The Morgan fingerprint density at radius 1 is 1.33 bits per heavy atom. The standard InChI is InChI=1S/C15H20BrFN2O2/c1-15(2,3)21-14(20)19-11-7-10(8-11)18-13-5-4-9(16)6-12(13)17/h4-6,10-11,18H,7-8H2,1-3H3,(H,19,20). The number of anilines is 1. The van der Waals surface area contributed by atoms with E-state index in [4.69, 9.17) is 4.74 Å². The van der Waals surface area contributed by atoms with Gasteiger partial charge in [-0.05, 0) is 51.8 Å². The second kappa shape index (κ2) is 6.22. The number of carbonyl (C=O) groups excluding carboxylic acids is 1. The quantitative estimate of drug-likeness (QED) is 0.856. The number of carbonyl (C=O) groups is 1. The molecule has 116 valence electrons. The molecule has 0 saturated heterocycles. The molecule has 0 atom stereocenters. The van der Waals surface area contributed by atoms with Gasteiger partial charge in [-0.2, -0.15) is 0 Å². The molecular formula is C15H20BrFN2O2. The Morgan fingerprint density at radius 3 is 2.57 bits per heavy atom. The van der Waals surface area contributed by atoms with Crippen molar-refractivity contribution in [2.24, 2.45) is 0 Å². The maximum Gasteiger partial charge on any atom is 0.407 e. The molecular weight excluding hydrogens is 339 g/mol. The zero-order chi connectivity index (χ0) is 15.6. The molecule has 1 amide bonds. The molecule has 1 aromatic carbocycles. The van der Waals surface area contributed by atoms with Crippen molar-refractivity contribution in [3.8, 4) is 0 Å². The minimum Gasteiger partial charge on any atom is -0.444 e. The third-order valence-corrected chi connectivity index (χ3v) is 3.64. The molecule has 0 aromatic heterocycles. The summed E-state index contributed by atoms with van der Waals surface area (Å²) in [4.78, 5) is 11.6. The van der Waals surface area contributed by atoms with E-state index in [9.17, 15) is 9.18 Å². The second-order valence-electron chi connectivity index (χ2n) is 6.28. The average Bonchev–Trinajstić information content (AvgIpc) is 2.26. The van der Waals surface area contributed by atoms with Crippen LogP contribution in [-0.4, -0.2) is 23.8 Å². The number of amides is 1. The lowest BCUT2D eigenvalue weighted by atomic mass is 9.86. The summed E-state index contributed by atoms with van der Waals surface area (Å²) >= 11 is 3.22. The molecule has 2 N–H and O–H groups in total. The first-order chi connectivity index (χ1) is 9.73. The van der Waals surface area contributed by atoms with Gasteiger partial charge in [0.2, 0.25) is 0 Å². The SMILES string of the molecule is CC(C)(C)OC(=O)NC1CC(Nc2ccc(Br)cc2F)C1. The van der Waals surface area contributed by atoms with Crippen molar-refractivity contribution in [3.05, 3.63) is 28.5 Å². The molecule has 1 fully saturated rings. The van der Waals surface area contributed by atoms with Crippen LogP contribution in [0.25, 0.3) is 0 Å². The van der Waals surface area contributed by atoms with Gasteiger partial charge in [0, 0.05) is 16.6 Å². The van der Waals surface area contributed by atoms with Crippen LogP contribution in [0.5, 0.6) is 0 Å². The van der Waals surface area contributed by atoms with Crippen LogP contribution in [0.4, 0.5) is 14.9 Å². The Hall–Kier alpha value is -1.30. The summed E-state index contributed by atoms with van der Waals surface area (Å²) in [5, 5.41) is 5.95. The van der Waals surface area contributed by atoms with E-state index in [2.05, 4.69) is 26.6 Å². The van der Waals surface area contributed by atoms with Crippen molar-refractivity contribution < 1.29 is 13.9 Å². The molecule has 2 rings (SSSR count). The molecule has 0 unspecified atom stereocenters. The van der Waals surface area contributed by atoms with E-state index in [1.54, 1.807) is 12.1 Å². The van der Waals surface area contributed by atoms with Crippen molar-refractivity contribution in [1.29, 1.82) is 0 Å². The van der Waals surface area contributed by atoms with Gasteiger partial charge in [0.25, 0.3) is 0 Å². The van der Waals surface area contributed by atoms with Gasteiger partial charge in [-0.3, -0.25) is 0 Å². The number of hydrogen-bond donors (Lipinski definition) is 2. The first-order valence-electron chi connectivity index (χ1n) is 6.94. The number of hydrogen-bond acceptors (Lipinski definition) is 3. The molecule has 0 heterocycles. The summed E-state index contributed by atoms with van der Waals surface area (Å²) in [5.74, 6) is -0.284. The predicted octanol–water partition coefficient (Wildman–Crippen LogP) is 4.06. The minimum absolute atomic E-state index is 0.0795. The Bertz CT molecular complexity index is 525.